The molecular weight excluding hydrogens is 971 g/mol. The molecule has 6 aromatic rings. The van der Waals surface area contributed by atoms with Crippen molar-refractivity contribution in [3.63, 3.8) is 0 Å². The van der Waals surface area contributed by atoms with E-state index in [0.717, 1.165) is 43.1 Å². The second-order valence-electron chi connectivity index (χ2n) is 19.1. The van der Waals surface area contributed by atoms with Gasteiger partial charge in [-0.2, -0.15) is 0 Å². The quantitative estimate of drug-likeness (QED) is 0.0446. The summed E-state index contributed by atoms with van der Waals surface area (Å²) < 4.78 is 5.21. The molecule has 4 fully saturated rings. The molecule has 4 saturated heterocycles. The van der Waals surface area contributed by atoms with E-state index < -0.39 is 17.2 Å². The van der Waals surface area contributed by atoms with Gasteiger partial charge in [0.05, 0.1) is 47.2 Å². The van der Waals surface area contributed by atoms with Crippen LogP contribution in [0.4, 0.5) is 44.7 Å². The maximum atomic E-state index is 12.8. The highest BCUT2D eigenvalue weighted by molar-refractivity contribution is 6.29. The van der Waals surface area contributed by atoms with Gasteiger partial charge in [0.25, 0.3) is 11.8 Å². The molecule has 4 aliphatic rings. The monoisotopic (exact) mass is 1030 g/mol. The molecule has 20 heteroatoms. The van der Waals surface area contributed by atoms with Crippen LogP contribution in [0.3, 0.4) is 0 Å². The fourth-order valence-corrected chi connectivity index (χ4v) is 9.46. The third-order valence-electron chi connectivity index (χ3n) is 13.2. The van der Waals surface area contributed by atoms with Crippen LogP contribution in [0, 0.1) is 0 Å². The van der Waals surface area contributed by atoms with Crippen LogP contribution < -0.4 is 52.3 Å². The van der Waals surface area contributed by atoms with Crippen molar-refractivity contribution in [2.24, 2.45) is 0 Å². The number of halogens is 1. The lowest BCUT2D eigenvalue weighted by atomic mass is 9.85. The first kappa shape index (κ1) is 54.6. The van der Waals surface area contributed by atoms with E-state index in [4.69, 9.17) is 22.1 Å². The Morgan fingerprint density at radius 3 is 1.57 bits per heavy atom. The van der Waals surface area contributed by atoms with Gasteiger partial charge in [-0.15, -0.1) is 0 Å². The molecule has 5 amide bonds. The standard InChI is InChI=1S/C25H26N6O2.C17H18ClN3O3.C13H17N3O.B/c26-20-8-4-5-9-21(20)29-23(32)18-10-11-22(27-16-18)30-14-12-25(13-15-30)24(33)28-17-31(25)19-6-2-1-3-7-19;1-17(2,3)24-16(23)21-13-7-5-4-6-12(13)20-15(22)11-8-9-14(18)19-10-11;17-12-13(6-8-14-9-7-13)16(10-15-12)11-4-2-1-3-5-11;/h1-11,16H,12-15,17,26H2,(H,28,33)(H,29,32);4-10H,1-3H3,(H,20,22)(H,21,23);1-5,14H,6-10H2,(H,15,17);. The number of nitrogens with one attached hydrogen (secondary N) is 6. The Kier molecular flexibility index (Phi) is 17.7. The van der Waals surface area contributed by atoms with E-state index in [0.29, 0.717) is 78.3 Å². The number of ether oxygens (including phenoxy) is 1. The maximum absolute atomic E-state index is 12.8. The molecule has 6 heterocycles. The Labute approximate surface area is 443 Å². The number of anilines is 7. The zero-order valence-corrected chi connectivity index (χ0v) is 42.9. The largest absolute Gasteiger partial charge is 0.444 e. The second-order valence-corrected chi connectivity index (χ2v) is 19.5. The minimum Gasteiger partial charge on any atom is -0.444 e. The normalized spacial score (nSPS) is 16.2. The number of hydrogen-bond acceptors (Lipinski definition) is 13. The van der Waals surface area contributed by atoms with Crippen LogP contribution in [0.25, 0.3) is 0 Å². The number of amides is 5. The molecule has 8 N–H and O–H groups in total. The minimum atomic E-state index is -0.614. The van der Waals surface area contributed by atoms with Crippen LogP contribution in [0.15, 0.2) is 146 Å². The van der Waals surface area contributed by atoms with Crippen molar-refractivity contribution in [1.82, 2.24) is 25.9 Å². The third kappa shape index (κ3) is 13.2. The molecule has 2 spiro atoms. The number of pyridine rings is 2. The van der Waals surface area contributed by atoms with Crippen LogP contribution in [-0.2, 0) is 14.3 Å². The first-order chi connectivity index (χ1) is 35.6. The Balaban J connectivity index is 0.000000172. The average molecular weight is 1030 g/mol. The number of nitrogens with two attached hydrogens (primary N) is 1. The zero-order valence-electron chi connectivity index (χ0n) is 42.1. The molecule has 2 aromatic heterocycles. The summed E-state index contributed by atoms with van der Waals surface area (Å²) in [5.41, 5.74) is 9.39. The molecule has 10 rings (SSSR count). The maximum Gasteiger partial charge on any atom is 0.412 e. The van der Waals surface area contributed by atoms with Crippen LogP contribution in [-0.4, -0.2) is 104 Å². The summed E-state index contributed by atoms with van der Waals surface area (Å²) in [6.07, 6.45) is 5.52. The topological polar surface area (TPSA) is 228 Å². The summed E-state index contributed by atoms with van der Waals surface area (Å²) in [6.45, 7) is 9.70. The lowest BCUT2D eigenvalue weighted by Crippen LogP contribution is -2.56. The molecule has 3 radical (unpaired) electrons. The number of hydrogen-bond donors (Lipinski definition) is 7. The molecule has 75 heavy (non-hydrogen) atoms. The van der Waals surface area contributed by atoms with Crippen LogP contribution in [0.5, 0.6) is 0 Å². The fourth-order valence-electron chi connectivity index (χ4n) is 9.34. The molecule has 4 aromatic carbocycles. The van der Waals surface area contributed by atoms with E-state index in [1.165, 1.54) is 12.3 Å². The van der Waals surface area contributed by atoms with E-state index in [2.05, 4.69) is 68.7 Å². The van der Waals surface area contributed by atoms with Gasteiger partial charge in [0.1, 0.15) is 27.6 Å². The molecule has 0 unspecified atom stereocenters. The number of carbonyl (C=O) groups excluding carboxylic acids is 5. The van der Waals surface area contributed by atoms with Gasteiger partial charge in [-0.05, 0) is 132 Å². The van der Waals surface area contributed by atoms with Gasteiger partial charge < -0.3 is 51.8 Å². The van der Waals surface area contributed by atoms with Crippen molar-refractivity contribution < 1.29 is 28.7 Å². The highest BCUT2D eigenvalue weighted by atomic mass is 35.5. The molecule has 0 aliphatic carbocycles. The molecule has 0 bridgehead atoms. The zero-order chi connectivity index (χ0) is 52.3. The van der Waals surface area contributed by atoms with Gasteiger partial charge in [0, 0.05) is 45.3 Å². The number of para-hydroxylation sites is 6. The van der Waals surface area contributed by atoms with Crippen molar-refractivity contribution in [2.45, 2.75) is 63.1 Å². The van der Waals surface area contributed by atoms with E-state index in [1.807, 2.05) is 66.7 Å². The first-order valence-corrected chi connectivity index (χ1v) is 24.8. The Bertz CT molecular complexity index is 2920. The summed E-state index contributed by atoms with van der Waals surface area (Å²) in [6, 6.07) is 40.9. The molecule has 18 nitrogen and oxygen atoms in total. The summed E-state index contributed by atoms with van der Waals surface area (Å²) in [5.74, 6) is 0.447. The lowest BCUT2D eigenvalue weighted by molar-refractivity contribution is -0.125. The smallest absolute Gasteiger partial charge is 0.412 e. The van der Waals surface area contributed by atoms with Gasteiger partial charge in [-0.1, -0.05) is 72.3 Å². The number of benzene rings is 4. The van der Waals surface area contributed by atoms with E-state index in [-0.39, 0.29) is 37.6 Å². The second kappa shape index (κ2) is 24.3. The van der Waals surface area contributed by atoms with Crippen LogP contribution in [0.1, 0.15) is 67.2 Å². The summed E-state index contributed by atoms with van der Waals surface area (Å²) >= 11 is 5.71. The summed E-state index contributed by atoms with van der Waals surface area (Å²) in [4.78, 5) is 76.7. The minimum absolute atomic E-state index is 0. The number of carbonyl (C=O) groups is 5. The van der Waals surface area contributed by atoms with Gasteiger partial charge >= 0.3 is 6.09 Å². The lowest BCUT2D eigenvalue weighted by Gasteiger charge is -2.43. The number of nitrogens with zero attached hydrogens (tertiary/aromatic N) is 5. The SMILES string of the molecule is CC(C)(C)OC(=O)Nc1ccccc1NC(=O)c1ccc(Cl)nc1.Nc1ccccc1NC(=O)c1ccc(N2CCC3(CC2)C(=O)NCN3c2ccccc2)nc1.O=C1NCN(c2ccccc2)C12CCNCC2.[B]. The Morgan fingerprint density at radius 2 is 1.08 bits per heavy atom. The third-order valence-corrected chi connectivity index (χ3v) is 13.4. The number of rotatable bonds is 8. The fraction of sp³-hybridized carbons (Fsp3) is 0.291. The van der Waals surface area contributed by atoms with Gasteiger partial charge in [-0.3, -0.25) is 24.5 Å². The molecule has 4 aliphatic heterocycles. The van der Waals surface area contributed by atoms with Crippen molar-refractivity contribution in [3.8, 4) is 0 Å². The molecule has 387 valence electrons. The number of aromatic nitrogens is 2. The Hall–Kier alpha value is -8.16. The Morgan fingerprint density at radius 1 is 0.613 bits per heavy atom. The molecule has 0 atom stereocenters. The number of nitrogen functional groups attached to an aromatic ring is 1. The first-order valence-electron chi connectivity index (χ1n) is 24.5. The summed E-state index contributed by atoms with van der Waals surface area (Å²) in [5, 5.41) is 17.8. The van der Waals surface area contributed by atoms with E-state index >= 15 is 0 Å². The van der Waals surface area contributed by atoms with Crippen molar-refractivity contribution in [3.05, 3.63) is 162 Å². The van der Waals surface area contributed by atoms with Crippen LogP contribution in [0.2, 0.25) is 5.15 Å². The van der Waals surface area contributed by atoms with Crippen molar-refractivity contribution in [2.75, 3.05) is 75.9 Å². The van der Waals surface area contributed by atoms with E-state index in [9.17, 15) is 24.0 Å². The molecular formula is C55H61BClN12O6. The predicted molar refractivity (Wildman–Crippen MR) is 295 cm³/mol. The van der Waals surface area contributed by atoms with Gasteiger partial charge in [-0.25, -0.2) is 14.8 Å². The highest BCUT2D eigenvalue weighted by Crippen LogP contribution is 2.38. The summed E-state index contributed by atoms with van der Waals surface area (Å²) in [7, 11) is 0. The highest BCUT2D eigenvalue weighted by Gasteiger charge is 2.51. The van der Waals surface area contributed by atoms with E-state index in [1.54, 1.807) is 75.5 Å². The van der Waals surface area contributed by atoms with Crippen molar-refractivity contribution >= 4 is 89.7 Å². The average Bonchev–Trinajstić information content (AvgIpc) is 3.89. The van der Waals surface area contributed by atoms with Gasteiger partial charge in [0.2, 0.25) is 11.8 Å². The molecule has 0 saturated carbocycles. The van der Waals surface area contributed by atoms with Gasteiger partial charge in [0.15, 0.2) is 0 Å². The number of piperidine rings is 2. The van der Waals surface area contributed by atoms with Crippen molar-refractivity contribution in [1.29, 1.82) is 0 Å². The predicted octanol–water partition coefficient (Wildman–Crippen LogP) is 7.51. The van der Waals surface area contributed by atoms with Crippen LogP contribution >= 0.6 is 11.6 Å².